The Morgan fingerprint density at radius 1 is 1.19 bits per heavy atom. The number of hydrogen-bond acceptors (Lipinski definition) is 3. The highest BCUT2D eigenvalue weighted by atomic mass is 16.4. The zero-order chi connectivity index (χ0) is 16.5. The van der Waals surface area contributed by atoms with Gasteiger partial charge in [0, 0.05) is 19.5 Å². The van der Waals surface area contributed by atoms with Crippen molar-refractivity contribution in [2.24, 2.45) is 23.0 Å². The van der Waals surface area contributed by atoms with Crippen LogP contribution >= 0.6 is 0 Å². The van der Waals surface area contributed by atoms with Gasteiger partial charge in [-0.05, 0) is 37.5 Å². The van der Waals surface area contributed by atoms with E-state index in [2.05, 4.69) is 19.2 Å². The minimum atomic E-state index is -0.760. The van der Waals surface area contributed by atoms with Crippen LogP contribution in [0.25, 0.3) is 0 Å². The van der Waals surface area contributed by atoms with Crippen molar-refractivity contribution in [3.8, 4) is 0 Å². The largest absolute Gasteiger partial charge is 0.481 e. The maximum atomic E-state index is 12.3. The number of rotatable bonds is 11. The molecule has 1 amide bonds. The molecule has 5 nitrogen and oxygen atoms in total. The Hall–Kier alpha value is -1.10. The van der Waals surface area contributed by atoms with Crippen LogP contribution in [0.3, 0.4) is 0 Å². The molecule has 1 unspecified atom stereocenters. The molecule has 0 aromatic carbocycles. The number of carboxylic acid groups (broad SMARTS) is 1. The van der Waals surface area contributed by atoms with Crippen molar-refractivity contribution in [3.63, 3.8) is 0 Å². The standard InChI is InChI=1S/C16H32N2O3/c1-5-16(6-2,11-17)15(21)18-10-9-13(12(3)4)7-8-14(19)20/h12-13H,5-11,17H2,1-4H3,(H,18,21)(H,19,20). The first-order valence-electron chi connectivity index (χ1n) is 8.03. The molecule has 1 atom stereocenters. The van der Waals surface area contributed by atoms with Crippen LogP contribution in [0.2, 0.25) is 0 Å². The van der Waals surface area contributed by atoms with E-state index in [9.17, 15) is 9.59 Å². The highest BCUT2D eigenvalue weighted by molar-refractivity contribution is 5.82. The van der Waals surface area contributed by atoms with Crippen LogP contribution in [-0.4, -0.2) is 30.1 Å². The fourth-order valence-corrected chi connectivity index (χ4v) is 2.63. The zero-order valence-electron chi connectivity index (χ0n) is 13.9. The molecule has 124 valence electrons. The van der Waals surface area contributed by atoms with E-state index in [-0.39, 0.29) is 12.3 Å². The van der Waals surface area contributed by atoms with Gasteiger partial charge in [-0.25, -0.2) is 0 Å². The Bertz CT molecular complexity index is 317. The van der Waals surface area contributed by atoms with Crippen molar-refractivity contribution >= 4 is 11.9 Å². The van der Waals surface area contributed by atoms with Gasteiger partial charge in [-0.15, -0.1) is 0 Å². The molecule has 0 bridgehead atoms. The SMILES string of the molecule is CCC(CC)(CN)C(=O)NCCC(CCC(=O)O)C(C)C. The number of aliphatic carboxylic acids is 1. The number of nitrogens with two attached hydrogens (primary N) is 1. The number of hydrogen-bond donors (Lipinski definition) is 3. The van der Waals surface area contributed by atoms with E-state index in [1.807, 2.05) is 13.8 Å². The number of carbonyl (C=O) groups excluding carboxylic acids is 1. The molecule has 4 N–H and O–H groups in total. The van der Waals surface area contributed by atoms with Gasteiger partial charge < -0.3 is 16.2 Å². The smallest absolute Gasteiger partial charge is 0.303 e. The fourth-order valence-electron chi connectivity index (χ4n) is 2.63. The average Bonchev–Trinajstić information content (AvgIpc) is 2.44. The number of amides is 1. The summed E-state index contributed by atoms with van der Waals surface area (Å²) < 4.78 is 0. The lowest BCUT2D eigenvalue weighted by atomic mass is 9.81. The van der Waals surface area contributed by atoms with Gasteiger partial charge in [-0.2, -0.15) is 0 Å². The van der Waals surface area contributed by atoms with Crippen LogP contribution < -0.4 is 11.1 Å². The van der Waals surface area contributed by atoms with E-state index in [0.717, 1.165) is 19.3 Å². The Labute approximate surface area is 128 Å². The maximum Gasteiger partial charge on any atom is 0.303 e. The van der Waals surface area contributed by atoms with Gasteiger partial charge in [-0.1, -0.05) is 27.7 Å². The van der Waals surface area contributed by atoms with Crippen molar-refractivity contribution in [1.82, 2.24) is 5.32 Å². The Kier molecular flexibility index (Phi) is 9.26. The van der Waals surface area contributed by atoms with Crippen molar-refractivity contribution in [1.29, 1.82) is 0 Å². The monoisotopic (exact) mass is 300 g/mol. The molecule has 0 spiro atoms. The second-order valence-electron chi connectivity index (χ2n) is 6.17. The average molecular weight is 300 g/mol. The van der Waals surface area contributed by atoms with Gasteiger partial charge in [0.25, 0.3) is 0 Å². The summed E-state index contributed by atoms with van der Waals surface area (Å²) in [6, 6.07) is 0. The van der Waals surface area contributed by atoms with Gasteiger partial charge in [0.15, 0.2) is 0 Å². The molecule has 0 heterocycles. The summed E-state index contributed by atoms with van der Waals surface area (Å²) in [6.45, 7) is 9.11. The van der Waals surface area contributed by atoms with Crippen molar-refractivity contribution < 1.29 is 14.7 Å². The van der Waals surface area contributed by atoms with Gasteiger partial charge in [0.05, 0.1) is 5.41 Å². The molecule has 21 heavy (non-hydrogen) atoms. The number of nitrogens with one attached hydrogen (secondary N) is 1. The predicted molar refractivity (Wildman–Crippen MR) is 84.9 cm³/mol. The van der Waals surface area contributed by atoms with Crippen LogP contribution in [0.1, 0.15) is 59.8 Å². The van der Waals surface area contributed by atoms with E-state index in [0.29, 0.717) is 31.3 Å². The van der Waals surface area contributed by atoms with E-state index < -0.39 is 11.4 Å². The summed E-state index contributed by atoms with van der Waals surface area (Å²) in [4.78, 5) is 23.0. The molecular formula is C16H32N2O3. The van der Waals surface area contributed by atoms with Crippen LogP contribution in [0.4, 0.5) is 0 Å². The van der Waals surface area contributed by atoms with Crippen molar-refractivity contribution in [3.05, 3.63) is 0 Å². The molecule has 0 saturated heterocycles. The summed E-state index contributed by atoms with van der Waals surface area (Å²) in [5.74, 6) is -0.00524. The molecule has 0 aromatic rings. The molecular weight excluding hydrogens is 268 g/mol. The van der Waals surface area contributed by atoms with Crippen molar-refractivity contribution in [2.45, 2.75) is 59.8 Å². The lowest BCUT2D eigenvalue weighted by Gasteiger charge is -2.29. The topological polar surface area (TPSA) is 92.4 Å². The third-order valence-electron chi connectivity index (χ3n) is 4.70. The number of carbonyl (C=O) groups is 2. The van der Waals surface area contributed by atoms with Crippen LogP contribution in [-0.2, 0) is 9.59 Å². The normalized spacial score (nSPS) is 13.2. The molecule has 0 aromatic heterocycles. The Morgan fingerprint density at radius 2 is 1.76 bits per heavy atom. The molecule has 0 radical (unpaired) electrons. The third kappa shape index (κ3) is 6.46. The zero-order valence-corrected chi connectivity index (χ0v) is 13.9. The fraction of sp³-hybridized carbons (Fsp3) is 0.875. The lowest BCUT2D eigenvalue weighted by Crippen LogP contribution is -2.45. The molecule has 0 aliphatic rings. The minimum absolute atomic E-state index is 0.0238. The lowest BCUT2D eigenvalue weighted by molar-refractivity contribution is -0.137. The van der Waals surface area contributed by atoms with Gasteiger partial charge in [0.2, 0.25) is 5.91 Å². The second-order valence-corrected chi connectivity index (χ2v) is 6.17. The highest BCUT2D eigenvalue weighted by Gasteiger charge is 2.33. The first kappa shape index (κ1) is 19.9. The van der Waals surface area contributed by atoms with E-state index in [1.165, 1.54) is 0 Å². The van der Waals surface area contributed by atoms with Gasteiger partial charge >= 0.3 is 5.97 Å². The molecule has 0 rings (SSSR count). The summed E-state index contributed by atoms with van der Waals surface area (Å²) in [6.07, 6.45) is 3.13. The molecule has 0 aliphatic heterocycles. The van der Waals surface area contributed by atoms with Gasteiger partial charge in [-0.3, -0.25) is 9.59 Å². The van der Waals surface area contributed by atoms with E-state index in [4.69, 9.17) is 10.8 Å². The van der Waals surface area contributed by atoms with Crippen LogP contribution in [0, 0.1) is 17.3 Å². The first-order valence-corrected chi connectivity index (χ1v) is 8.03. The molecule has 0 fully saturated rings. The first-order chi connectivity index (χ1) is 9.82. The Morgan fingerprint density at radius 3 is 2.14 bits per heavy atom. The molecule has 0 aliphatic carbocycles. The predicted octanol–water partition coefficient (Wildman–Crippen LogP) is 2.39. The summed E-state index contributed by atoms with van der Waals surface area (Å²) in [5, 5.41) is 11.8. The minimum Gasteiger partial charge on any atom is -0.481 e. The molecule has 0 saturated carbocycles. The highest BCUT2D eigenvalue weighted by Crippen LogP contribution is 2.25. The summed E-state index contributed by atoms with van der Waals surface area (Å²) in [5.41, 5.74) is 5.30. The molecule has 5 heteroatoms. The quantitative estimate of drug-likeness (QED) is 0.546. The number of carboxylic acids is 1. The van der Waals surface area contributed by atoms with Gasteiger partial charge in [0.1, 0.15) is 0 Å². The van der Waals surface area contributed by atoms with Crippen LogP contribution in [0.15, 0.2) is 0 Å². The second kappa shape index (κ2) is 9.77. The summed E-state index contributed by atoms with van der Waals surface area (Å²) in [7, 11) is 0. The maximum absolute atomic E-state index is 12.3. The Balaban J connectivity index is 4.36. The van der Waals surface area contributed by atoms with E-state index in [1.54, 1.807) is 0 Å². The van der Waals surface area contributed by atoms with E-state index >= 15 is 0 Å². The third-order valence-corrected chi connectivity index (χ3v) is 4.70. The van der Waals surface area contributed by atoms with Crippen molar-refractivity contribution in [2.75, 3.05) is 13.1 Å². The summed E-state index contributed by atoms with van der Waals surface area (Å²) >= 11 is 0. The van der Waals surface area contributed by atoms with Crippen LogP contribution in [0.5, 0.6) is 0 Å².